The van der Waals surface area contributed by atoms with Crippen LogP contribution in [0.15, 0.2) is 29.2 Å². The fraction of sp³-hybridized carbons (Fsp3) is 0.667. The van der Waals surface area contributed by atoms with E-state index in [2.05, 4.69) is 17.3 Å². The number of ether oxygens (including phenoxy) is 2. The number of primary sulfonamides is 1. The van der Waals surface area contributed by atoms with E-state index in [-0.39, 0.29) is 23.1 Å². The molecule has 1 aromatic rings. The molecule has 2 aliphatic heterocycles. The van der Waals surface area contributed by atoms with Gasteiger partial charge in [0.05, 0.1) is 17.1 Å². The van der Waals surface area contributed by atoms with E-state index < -0.39 is 16.1 Å². The topological polar surface area (TPSA) is 114 Å². The molecule has 0 bridgehead atoms. The Labute approximate surface area is 160 Å². The fourth-order valence-corrected chi connectivity index (χ4v) is 4.19. The first kappa shape index (κ1) is 20.5. The number of piperidine rings is 1. The van der Waals surface area contributed by atoms with Crippen molar-refractivity contribution in [3.05, 3.63) is 24.3 Å². The fourth-order valence-electron chi connectivity index (χ4n) is 3.64. The van der Waals surface area contributed by atoms with E-state index >= 15 is 0 Å². The number of nitrogens with one attached hydrogen (secondary N) is 1. The Morgan fingerprint density at radius 3 is 2.89 bits per heavy atom. The van der Waals surface area contributed by atoms with Gasteiger partial charge in [-0.05, 0) is 38.4 Å². The second-order valence-corrected chi connectivity index (χ2v) is 9.15. The van der Waals surface area contributed by atoms with Gasteiger partial charge in [0, 0.05) is 31.7 Å². The molecule has 2 fully saturated rings. The number of rotatable bonds is 7. The number of sulfonamides is 1. The maximum Gasteiger partial charge on any atom is 0.238 e. The van der Waals surface area contributed by atoms with Gasteiger partial charge >= 0.3 is 0 Å². The first-order valence-corrected chi connectivity index (χ1v) is 10.8. The Kier molecular flexibility index (Phi) is 6.39. The number of nitrogens with zero attached hydrogens (tertiary/aromatic N) is 1. The summed E-state index contributed by atoms with van der Waals surface area (Å²) in [6.45, 7) is 3.22. The molecule has 9 heteroatoms. The molecule has 2 unspecified atom stereocenters. The van der Waals surface area contributed by atoms with Crippen molar-refractivity contribution in [2.75, 3.05) is 39.9 Å². The maximum atomic E-state index is 11.4. The molecule has 1 spiro atoms. The Hall–Kier alpha value is -1.23. The number of likely N-dealkylation sites (tertiary alicyclic amines) is 1. The second kappa shape index (κ2) is 8.42. The van der Waals surface area contributed by atoms with Crippen LogP contribution in [0.5, 0.6) is 5.75 Å². The molecule has 27 heavy (non-hydrogen) atoms. The molecular formula is C18H29N3O5S. The van der Waals surface area contributed by atoms with Crippen LogP contribution < -0.4 is 15.2 Å². The van der Waals surface area contributed by atoms with Crippen molar-refractivity contribution in [1.82, 2.24) is 10.2 Å². The average Bonchev–Trinajstić information content (AvgIpc) is 3.03. The Balaban J connectivity index is 1.41. The third-order valence-corrected chi connectivity index (χ3v) is 6.24. The Morgan fingerprint density at radius 1 is 1.44 bits per heavy atom. The normalized spacial score (nSPS) is 24.2. The number of hydrogen-bond donors (Lipinski definition) is 3. The van der Waals surface area contributed by atoms with Crippen molar-refractivity contribution in [3.8, 4) is 5.75 Å². The molecule has 2 aliphatic rings. The molecule has 0 aromatic heterocycles. The van der Waals surface area contributed by atoms with Gasteiger partial charge in [-0.3, -0.25) is 0 Å². The number of hydrogen-bond acceptors (Lipinski definition) is 7. The number of aliphatic hydroxyl groups excluding tert-OH is 1. The molecule has 8 nitrogen and oxygen atoms in total. The average molecular weight is 400 g/mol. The third-order valence-electron chi connectivity index (χ3n) is 5.33. The summed E-state index contributed by atoms with van der Waals surface area (Å²) in [6, 6.07) is 6.16. The van der Waals surface area contributed by atoms with Gasteiger partial charge in [0.2, 0.25) is 10.0 Å². The van der Waals surface area contributed by atoms with Crippen molar-refractivity contribution < 1.29 is 23.0 Å². The summed E-state index contributed by atoms with van der Waals surface area (Å²) < 4.78 is 34.3. The summed E-state index contributed by atoms with van der Waals surface area (Å²) in [5, 5.41) is 18.6. The van der Waals surface area contributed by atoms with E-state index in [0.29, 0.717) is 18.9 Å². The molecule has 2 saturated heterocycles. The van der Waals surface area contributed by atoms with Gasteiger partial charge in [-0.2, -0.15) is 0 Å². The van der Waals surface area contributed by atoms with Crippen LogP contribution in [0.1, 0.15) is 19.3 Å². The van der Waals surface area contributed by atoms with E-state index in [0.717, 1.165) is 32.4 Å². The van der Waals surface area contributed by atoms with Gasteiger partial charge in [-0.1, -0.05) is 6.07 Å². The molecular weight excluding hydrogens is 370 g/mol. The predicted octanol–water partition coefficient (Wildman–Crippen LogP) is -0.0834. The van der Waals surface area contributed by atoms with E-state index in [4.69, 9.17) is 14.6 Å². The lowest BCUT2D eigenvalue weighted by Crippen LogP contribution is -2.44. The molecule has 3 rings (SSSR count). The lowest BCUT2D eigenvalue weighted by Gasteiger charge is -2.37. The van der Waals surface area contributed by atoms with Crippen molar-refractivity contribution >= 4 is 10.0 Å². The van der Waals surface area contributed by atoms with Crippen LogP contribution in [0, 0.1) is 0 Å². The minimum absolute atomic E-state index is 0.0141. The largest absolute Gasteiger partial charge is 0.491 e. The van der Waals surface area contributed by atoms with Crippen LogP contribution in [0.4, 0.5) is 0 Å². The summed E-state index contributed by atoms with van der Waals surface area (Å²) in [5.41, 5.74) is -0.0141. The molecule has 4 N–H and O–H groups in total. The van der Waals surface area contributed by atoms with Gasteiger partial charge < -0.3 is 24.8 Å². The zero-order valence-electron chi connectivity index (χ0n) is 15.6. The quantitative estimate of drug-likeness (QED) is 0.587. The number of nitrogens with two attached hydrogens (primary N) is 1. The molecule has 152 valence electrons. The maximum absolute atomic E-state index is 11.4. The molecule has 1 aromatic carbocycles. The van der Waals surface area contributed by atoms with Gasteiger partial charge in [0.1, 0.15) is 18.5 Å². The summed E-state index contributed by atoms with van der Waals surface area (Å²) in [6.07, 6.45) is 2.35. The van der Waals surface area contributed by atoms with Crippen LogP contribution in [-0.4, -0.2) is 76.1 Å². The van der Waals surface area contributed by atoms with Gasteiger partial charge in [-0.15, -0.1) is 0 Å². The van der Waals surface area contributed by atoms with Crippen molar-refractivity contribution in [3.63, 3.8) is 0 Å². The first-order valence-electron chi connectivity index (χ1n) is 9.25. The third kappa shape index (κ3) is 5.63. The van der Waals surface area contributed by atoms with E-state index in [9.17, 15) is 13.5 Å². The van der Waals surface area contributed by atoms with Crippen molar-refractivity contribution in [1.29, 1.82) is 0 Å². The zero-order valence-corrected chi connectivity index (χ0v) is 16.5. The number of aliphatic hydroxyl groups is 1. The second-order valence-electron chi connectivity index (χ2n) is 7.59. The predicted molar refractivity (Wildman–Crippen MR) is 101 cm³/mol. The number of benzene rings is 1. The summed E-state index contributed by atoms with van der Waals surface area (Å²) in [4.78, 5) is 2.31. The molecule has 0 radical (unpaired) electrons. The van der Waals surface area contributed by atoms with Crippen LogP contribution in [0.25, 0.3) is 0 Å². The van der Waals surface area contributed by atoms with Gasteiger partial charge in [-0.25, -0.2) is 13.6 Å². The highest BCUT2D eigenvalue weighted by atomic mass is 32.2. The van der Waals surface area contributed by atoms with Gasteiger partial charge in [0.25, 0.3) is 0 Å². The van der Waals surface area contributed by atoms with E-state index in [1.807, 2.05) is 0 Å². The molecule has 0 amide bonds. The Morgan fingerprint density at radius 2 is 2.19 bits per heavy atom. The molecule has 2 atom stereocenters. The SMILES string of the molecule is CN1CCC2(CC1)CC(NCC(O)COc1cccc(S(N)(=O)=O)c1)CO2. The van der Waals surface area contributed by atoms with Crippen LogP contribution in [0.2, 0.25) is 0 Å². The smallest absolute Gasteiger partial charge is 0.238 e. The molecule has 0 saturated carbocycles. The lowest BCUT2D eigenvalue weighted by molar-refractivity contribution is -0.0393. The molecule has 2 heterocycles. The Bertz CT molecular complexity index is 734. The highest BCUT2D eigenvalue weighted by Gasteiger charge is 2.41. The lowest BCUT2D eigenvalue weighted by atomic mass is 9.87. The van der Waals surface area contributed by atoms with Crippen LogP contribution >= 0.6 is 0 Å². The highest BCUT2D eigenvalue weighted by Crippen LogP contribution is 2.35. The van der Waals surface area contributed by atoms with Crippen molar-refractivity contribution in [2.45, 2.75) is 41.9 Å². The minimum atomic E-state index is -3.77. The van der Waals surface area contributed by atoms with E-state index in [1.54, 1.807) is 12.1 Å². The summed E-state index contributed by atoms with van der Waals surface area (Å²) >= 11 is 0. The zero-order chi connectivity index (χ0) is 19.5. The van der Waals surface area contributed by atoms with E-state index in [1.165, 1.54) is 12.1 Å². The first-order chi connectivity index (χ1) is 12.8. The monoisotopic (exact) mass is 399 g/mol. The standard InChI is InChI=1S/C18H29N3O5S/c1-21-7-5-18(6-8-21)10-14(12-26-18)20-11-15(22)13-25-16-3-2-4-17(9-16)27(19,23)24/h2-4,9,14-15,20,22H,5-8,10-13H2,1H3,(H2,19,23,24). The minimum Gasteiger partial charge on any atom is -0.491 e. The summed E-state index contributed by atoms with van der Waals surface area (Å²) in [7, 11) is -1.64. The van der Waals surface area contributed by atoms with Crippen LogP contribution in [0.3, 0.4) is 0 Å². The summed E-state index contributed by atoms with van der Waals surface area (Å²) in [5.74, 6) is 0.357. The molecule has 0 aliphatic carbocycles. The van der Waals surface area contributed by atoms with Crippen molar-refractivity contribution in [2.24, 2.45) is 5.14 Å². The highest BCUT2D eigenvalue weighted by molar-refractivity contribution is 7.89. The van der Waals surface area contributed by atoms with Gasteiger partial charge in [0.15, 0.2) is 0 Å². The van der Waals surface area contributed by atoms with Crippen LogP contribution in [-0.2, 0) is 14.8 Å².